The van der Waals surface area contributed by atoms with Crippen LogP contribution in [0.4, 0.5) is 0 Å². The number of likely N-dealkylation sites (tertiary alicyclic amines) is 1. The molecule has 29 heavy (non-hydrogen) atoms. The number of carbonyl (C=O) groups excluding carboxylic acids is 1. The van der Waals surface area contributed by atoms with Crippen LogP contribution < -0.4 is 10.2 Å². The predicted molar refractivity (Wildman–Crippen MR) is 110 cm³/mol. The van der Waals surface area contributed by atoms with Crippen molar-refractivity contribution in [1.82, 2.24) is 4.90 Å². The lowest BCUT2D eigenvalue weighted by atomic mass is 10.1. The minimum atomic E-state index is -0.166. The van der Waals surface area contributed by atoms with E-state index in [4.69, 9.17) is 20.8 Å². The van der Waals surface area contributed by atoms with E-state index in [9.17, 15) is 14.7 Å². The molecule has 0 saturated carbocycles. The minimum Gasteiger partial charge on any atom is -0.484 e. The summed E-state index contributed by atoms with van der Waals surface area (Å²) in [6.07, 6.45) is 3.10. The highest BCUT2D eigenvalue weighted by molar-refractivity contribution is 6.30. The molecule has 1 N–H and O–H groups in total. The molecule has 1 aliphatic heterocycles. The maximum absolute atomic E-state index is 12.8. The minimum absolute atomic E-state index is 0.0389. The molecule has 1 amide bonds. The summed E-state index contributed by atoms with van der Waals surface area (Å²) in [5.41, 5.74) is 1.40. The second-order valence-corrected chi connectivity index (χ2v) is 7.43. The van der Waals surface area contributed by atoms with Crippen LogP contribution >= 0.6 is 11.6 Å². The summed E-state index contributed by atoms with van der Waals surface area (Å²) >= 11 is 5.91. The fourth-order valence-electron chi connectivity index (χ4n) is 3.61. The molecule has 2 heterocycles. The van der Waals surface area contributed by atoms with Crippen LogP contribution in [0.1, 0.15) is 12.8 Å². The second kappa shape index (κ2) is 8.27. The molecular weight excluding hydrogens is 394 g/mol. The van der Waals surface area contributed by atoms with Crippen molar-refractivity contribution in [1.29, 1.82) is 0 Å². The van der Waals surface area contributed by atoms with Gasteiger partial charge in [-0.1, -0.05) is 23.7 Å². The van der Waals surface area contributed by atoms with E-state index < -0.39 is 0 Å². The molecule has 1 fully saturated rings. The Labute approximate surface area is 172 Å². The predicted octanol–water partition coefficient (Wildman–Crippen LogP) is 3.48. The van der Waals surface area contributed by atoms with Gasteiger partial charge in [-0.05, 0) is 42.7 Å². The number of ether oxygens (including phenoxy) is 1. The third-order valence-corrected chi connectivity index (χ3v) is 5.42. The highest BCUT2D eigenvalue weighted by Gasteiger charge is 2.28. The van der Waals surface area contributed by atoms with Crippen molar-refractivity contribution in [2.75, 3.05) is 19.8 Å². The Morgan fingerprint density at radius 1 is 1.24 bits per heavy atom. The molecule has 0 aliphatic carbocycles. The molecule has 0 radical (unpaired) electrons. The van der Waals surface area contributed by atoms with Crippen molar-refractivity contribution >= 4 is 28.5 Å². The molecule has 1 atom stereocenters. The molecule has 0 unspecified atom stereocenters. The van der Waals surface area contributed by atoms with Gasteiger partial charge in [-0.15, -0.1) is 0 Å². The fourth-order valence-corrected chi connectivity index (χ4v) is 3.73. The van der Waals surface area contributed by atoms with E-state index in [2.05, 4.69) is 0 Å². The van der Waals surface area contributed by atoms with Crippen molar-refractivity contribution < 1.29 is 19.1 Å². The van der Waals surface area contributed by atoms with Crippen LogP contribution in [-0.2, 0) is 4.79 Å². The van der Waals surface area contributed by atoms with Crippen molar-refractivity contribution in [2.45, 2.75) is 18.9 Å². The number of rotatable bonds is 5. The zero-order valence-electron chi connectivity index (χ0n) is 15.6. The number of fused-ring (bicyclic) bond motifs is 1. The molecule has 7 heteroatoms. The molecule has 6 nitrogen and oxygen atoms in total. The lowest BCUT2D eigenvalue weighted by Gasteiger charge is -2.22. The standard InChI is InChI=1S/C22H20ClNO5/c23-15-5-3-14(4-6-15)19-12-29-20-10-17(7-8-18(20)22(19)27)28-13-21(26)24-9-1-2-16(24)11-25/h3-8,10,12,16,25H,1-2,9,11,13H2/t16-/m0/s1. The number of halogens is 1. The first-order valence-electron chi connectivity index (χ1n) is 9.41. The van der Waals surface area contributed by atoms with Crippen molar-refractivity contribution in [3.05, 3.63) is 64.0 Å². The van der Waals surface area contributed by atoms with Gasteiger partial charge >= 0.3 is 0 Å². The van der Waals surface area contributed by atoms with Crippen LogP contribution in [0.5, 0.6) is 5.75 Å². The van der Waals surface area contributed by atoms with Crippen molar-refractivity contribution in [2.24, 2.45) is 0 Å². The summed E-state index contributed by atoms with van der Waals surface area (Å²) in [6.45, 7) is 0.464. The van der Waals surface area contributed by atoms with Gasteiger partial charge in [-0.3, -0.25) is 9.59 Å². The van der Waals surface area contributed by atoms with Crippen LogP contribution in [0.25, 0.3) is 22.1 Å². The molecule has 1 aliphatic rings. The third-order valence-electron chi connectivity index (χ3n) is 5.17. The Hall–Kier alpha value is -2.83. The summed E-state index contributed by atoms with van der Waals surface area (Å²) in [6, 6.07) is 11.7. The van der Waals surface area contributed by atoms with Crippen LogP contribution in [0.15, 0.2) is 57.9 Å². The first-order valence-corrected chi connectivity index (χ1v) is 9.79. The van der Waals surface area contributed by atoms with Gasteiger partial charge in [0.25, 0.3) is 5.91 Å². The lowest BCUT2D eigenvalue weighted by molar-refractivity contribution is -0.134. The largest absolute Gasteiger partial charge is 0.484 e. The molecule has 1 aromatic heterocycles. The SMILES string of the molecule is O=C(COc1ccc2c(=O)c(-c3ccc(Cl)cc3)coc2c1)N1CCC[C@H]1CO. The van der Waals surface area contributed by atoms with Crippen LogP contribution in [0, 0.1) is 0 Å². The average Bonchev–Trinajstić information content (AvgIpc) is 3.22. The number of amides is 1. The molecule has 3 aromatic rings. The monoisotopic (exact) mass is 413 g/mol. The molecule has 0 spiro atoms. The first-order chi connectivity index (χ1) is 14.1. The van der Waals surface area contributed by atoms with Crippen LogP contribution in [-0.4, -0.2) is 41.7 Å². The van der Waals surface area contributed by atoms with Crippen LogP contribution in [0.2, 0.25) is 5.02 Å². The van der Waals surface area contributed by atoms with E-state index in [1.54, 1.807) is 47.4 Å². The number of hydrogen-bond donors (Lipinski definition) is 1. The van der Waals surface area contributed by atoms with Gasteiger partial charge in [0.15, 0.2) is 12.0 Å². The van der Waals surface area contributed by atoms with Gasteiger partial charge in [-0.2, -0.15) is 0 Å². The summed E-state index contributed by atoms with van der Waals surface area (Å²) in [4.78, 5) is 26.8. The smallest absolute Gasteiger partial charge is 0.260 e. The topological polar surface area (TPSA) is 80.0 Å². The van der Waals surface area contributed by atoms with E-state index >= 15 is 0 Å². The van der Waals surface area contributed by atoms with Gasteiger partial charge in [0.05, 0.1) is 23.6 Å². The molecule has 2 aromatic carbocycles. The second-order valence-electron chi connectivity index (χ2n) is 7.00. The van der Waals surface area contributed by atoms with Gasteiger partial charge < -0.3 is 19.2 Å². The number of aliphatic hydroxyl groups is 1. The summed E-state index contributed by atoms with van der Waals surface area (Å²) in [5.74, 6) is 0.272. The zero-order valence-corrected chi connectivity index (χ0v) is 16.4. The lowest BCUT2D eigenvalue weighted by Crippen LogP contribution is -2.40. The van der Waals surface area contributed by atoms with E-state index in [1.165, 1.54) is 6.26 Å². The summed E-state index contributed by atoms with van der Waals surface area (Å²) in [5, 5.41) is 10.4. The third kappa shape index (κ3) is 3.99. The Morgan fingerprint density at radius 3 is 2.79 bits per heavy atom. The van der Waals surface area contributed by atoms with Gasteiger partial charge in [0.1, 0.15) is 17.6 Å². The Bertz CT molecular complexity index is 1090. The van der Waals surface area contributed by atoms with Crippen LogP contribution in [0.3, 0.4) is 0 Å². The highest BCUT2D eigenvalue weighted by Crippen LogP contribution is 2.24. The van der Waals surface area contributed by atoms with Crippen molar-refractivity contribution in [3.63, 3.8) is 0 Å². The van der Waals surface area contributed by atoms with Gasteiger partial charge in [-0.25, -0.2) is 0 Å². The highest BCUT2D eigenvalue weighted by atomic mass is 35.5. The van der Waals surface area contributed by atoms with Crippen molar-refractivity contribution in [3.8, 4) is 16.9 Å². The number of benzene rings is 2. The molecule has 0 bridgehead atoms. The van der Waals surface area contributed by atoms with E-state index in [0.29, 0.717) is 33.8 Å². The number of nitrogens with zero attached hydrogens (tertiary/aromatic N) is 1. The summed E-state index contributed by atoms with van der Waals surface area (Å²) < 4.78 is 11.2. The van der Waals surface area contributed by atoms with Gasteiger partial charge in [0, 0.05) is 17.6 Å². The van der Waals surface area contributed by atoms with E-state index in [1.807, 2.05) is 0 Å². The maximum atomic E-state index is 12.8. The number of hydrogen-bond acceptors (Lipinski definition) is 5. The Balaban J connectivity index is 1.52. The first kappa shape index (κ1) is 19.5. The molecule has 4 rings (SSSR count). The number of carbonyl (C=O) groups is 1. The van der Waals surface area contributed by atoms with E-state index in [0.717, 1.165) is 18.4 Å². The maximum Gasteiger partial charge on any atom is 0.260 e. The Kier molecular flexibility index (Phi) is 5.56. The quantitative estimate of drug-likeness (QED) is 0.692. The average molecular weight is 414 g/mol. The summed E-state index contributed by atoms with van der Waals surface area (Å²) in [7, 11) is 0. The van der Waals surface area contributed by atoms with Gasteiger partial charge in [0.2, 0.25) is 0 Å². The zero-order chi connectivity index (χ0) is 20.4. The van der Waals surface area contributed by atoms with E-state index in [-0.39, 0.29) is 30.6 Å². The number of aliphatic hydroxyl groups excluding tert-OH is 1. The Morgan fingerprint density at radius 2 is 2.03 bits per heavy atom. The fraction of sp³-hybridized carbons (Fsp3) is 0.273. The molecular formula is C22H20ClNO5. The molecule has 150 valence electrons. The molecule has 1 saturated heterocycles. The normalized spacial score (nSPS) is 16.3.